The van der Waals surface area contributed by atoms with Crippen LogP contribution in [0.2, 0.25) is 0 Å². The second-order valence-corrected chi connectivity index (χ2v) is 6.26. The number of anilines is 1. The van der Waals surface area contributed by atoms with Gasteiger partial charge in [-0.25, -0.2) is 0 Å². The molecule has 2 rings (SSSR count). The molecule has 0 radical (unpaired) electrons. The molecular formula is C15H17F2N3S2. The number of rotatable bonds is 5. The van der Waals surface area contributed by atoms with Crippen molar-refractivity contribution in [1.29, 1.82) is 0 Å². The average molecular weight is 341 g/mol. The number of thiocarbonyl (C=S) groups is 1. The first kappa shape index (κ1) is 16.9. The molecule has 0 amide bonds. The predicted octanol–water partition coefficient (Wildman–Crippen LogP) is 4.63. The Morgan fingerprint density at radius 2 is 2.09 bits per heavy atom. The molecule has 0 aliphatic heterocycles. The van der Waals surface area contributed by atoms with Gasteiger partial charge in [0.05, 0.1) is 0 Å². The molecule has 0 fully saturated rings. The molecule has 2 N–H and O–H groups in total. The molecule has 0 saturated heterocycles. The van der Waals surface area contributed by atoms with Crippen LogP contribution in [0.4, 0.5) is 14.5 Å². The second-order valence-electron chi connectivity index (χ2n) is 4.79. The summed E-state index contributed by atoms with van der Waals surface area (Å²) in [6.07, 6.45) is 9.41. The fourth-order valence-electron chi connectivity index (χ4n) is 2.03. The molecular weight excluding hydrogens is 324 g/mol. The standard InChI is InChI=1S/C15H17F2N3S2/c16-14(17)22-13-8-6-12(7-9-13)19-15(21)20-18-10-11-4-2-1-3-5-11/h1-2,6-11,14H,3-5H2,(H2,19,20,21). The SMILES string of the molecule is FC(F)Sc1ccc(NC(=S)NN=CC2CC=CCC2)cc1. The van der Waals surface area contributed by atoms with Crippen molar-refractivity contribution in [3.05, 3.63) is 36.4 Å². The summed E-state index contributed by atoms with van der Waals surface area (Å²) in [5.41, 5.74) is 3.49. The van der Waals surface area contributed by atoms with Crippen LogP contribution >= 0.6 is 24.0 Å². The molecule has 0 heterocycles. The number of nitrogens with one attached hydrogen (secondary N) is 2. The topological polar surface area (TPSA) is 36.4 Å². The summed E-state index contributed by atoms with van der Waals surface area (Å²) < 4.78 is 24.4. The van der Waals surface area contributed by atoms with Gasteiger partial charge in [0.1, 0.15) is 0 Å². The molecule has 1 aromatic carbocycles. The Morgan fingerprint density at radius 3 is 2.73 bits per heavy atom. The van der Waals surface area contributed by atoms with Crippen LogP contribution < -0.4 is 10.7 Å². The van der Waals surface area contributed by atoms with Crippen molar-refractivity contribution in [2.45, 2.75) is 29.9 Å². The Kier molecular flexibility index (Phi) is 6.79. The fraction of sp³-hybridized carbons (Fsp3) is 0.333. The predicted molar refractivity (Wildman–Crippen MR) is 92.6 cm³/mol. The van der Waals surface area contributed by atoms with Gasteiger partial charge in [-0.15, -0.1) is 0 Å². The largest absolute Gasteiger partial charge is 0.331 e. The van der Waals surface area contributed by atoms with E-state index in [4.69, 9.17) is 12.2 Å². The van der Waals surface area contributed by atoms with Crippen molar-refractivity contribution in [3.63, 3.8) is 0 Å². The van der Waals surface area contributed by atoms with E-state index >= 15 is 0 Å². The van der Waals surface area contributed by atoms with Crippen LogP contribution in [0.3, 0.4) is 0 Å². The van der Waals surface area contributed by atoms with Crippen molar-refractivity contribution in [1.82, 2.24) is 5.43 Å². The lowest BCUT2D eigenvalue weighted by atomic mass is 9.96. The maximum Gasteiger partial charge on any atom is 0.288 e. The number of hydrogen-bond donors (Lipinski definition) is 2. The number of hydrogen-bond acceptors (Lipinski definition) is 3. The highest BCUT2D eigenvalue weighted by molar-refractivity contribution is 7.99. The zero-order valence-corrected chi connectivity index (χ0v) is 13.5. The lowest BCUT2D eigenvalue weighted by Crippen LogP contribution is -2.24. The first-order valence-electron chi connectivity index (χ1n) is 6.93. The van der Waals surface area contributed by atoms with E-state index in [1.807, 2.05) is 6.21 Å². The monoisotopic (exact) mass is 341 g/mol. The van der Waals surface area contributed by atoms with Crippen molar-refractivity contribution in [2.75, 3.05) is 5.32 Å². The van der Waals surface area contributed by atoms with Crippen LogP contribution in [0.15, 0.2) is 46.4 Å². The van der Waals surface area contributed by atoms with Crippen molar-refractivity contribution < 1.29 is 8.78 Å². The minimum absolute atomic E-state index is 0.372. The van der Waals surface area contributed by atoms with Gasteiger partial charge in [0.15, 0.2) is 5.11 Å². The number of allylic oxidation sites excluding steroid dienone is 2. The van der Waals surface area contributed by atoms with Crippen LogP contribution in [0.5, 0.6) is 0 Å². The molecule has 0 aromatic heterocycles. The third kappa shape index (κ3) is 6.11. The van der Waals surface area contributed by atoms with E-state index in [1.54, 1.807) is 24.3 Å². The Bertz CT molecular complexity index is 544. The van der Waals surface area contributed by atoms with Gasteiger partial charge in [-0.05, 0) is 61.7 Å². The van der Waals surface area contributed by atoms with E-state index in [2.05, 4.69) is 28.0 Å². The van der Waals surface area contributed by atoms with Gasteiger partial charge >= 0.3 is 0 Å². The van der Waals surface area contributed by atoms with Crippen molar-refractivity contribution in [3.8, 4) is 0 Å². The second kappa shape index (κ2) is 8.85. The Labute approximate surface area is 138 Å². The maximum absolute atomic E-state index is 12.2. The highest BCUT2D eigenvalue weighted by Crippen LogP contribution is 2.26. The molecule has 1 aliphatic carbocycles. The average Bonchev–Trinajstić information content (AvgIpc) is 2.50. The smallest absolute Gasteiger partial charge is 0.288 e. The summed E-state index contributed by atoms with van der Waals surface area (Å²) in [4.78, 5) is 0.516. The first-order chi connectivity index (χ1) is 10.6. The van der Waals surface area contributed by atoms with Crippen molar-refractivity contribution in [2.24, 2.45) is 11.0 Å². The summed E-state index contributed by atoms with van der Waals surface area (Å²) in [6, 6.07) is 6.65. The number of alkyl halides is 2. The first-order valence-corrected chi connectivity index (χ1v) is 8.22. The molecule has 1 unspecified atom stereocenters. The zero-order chi connectivity index (χ0) is 15.8. The Hall–Kier alpha value is -1.47. The summed E-state index contributed by atoms with van der Waals surface area (Å²) in [6.45, 7) is 0. The molecule has 3 nitrogen and oxygen atoms in total. The number of thioether (sulfide) groups is 1. The van der Waals surface area contributed by atoms with Crippen LogP contribution in [0.1, 0.15) is 19.3 Å². The van der Waals surface area contributed by atoms with Gasteiger partial charge in [-0.3, -0.25) is 5.43 Å². The lowest BCUT2D eigenvalue weighted by molar-refractivity contribution is 0.252. The zero-order valence-electron chi connectivity index (χ0n) is 11.8. The van der Waals surface area contributed by atoms with Crippen LogP contribution in [0.25, 0.3) is 0 Å². The number of nitrogens with zero attached hydrogens (tertiary/aromatic N) is 1. The van der Waals surface area contributed by atoms with Gasteiger partial charge in [-0.1, -0.05) is 23.9 Å². The minimum atomic E-state index is -2.41. The molecule has 0 bridgehead atoms. The molecule has 0 saturated carbocycles. The van der Waals surface area contributed by atoms with Crippen molar-refractivity contribution >= 4 is 41.0 Å². The van der Waals surface area contributed by atoms with E-state index in [0.717, 1.165) is 24.9 Å². The van der Waals surface area contributed by atoms with Crippen LogP contribution in [-0.2, 0) is 0 Å². The normalized spacial score (nSPS) is 17.9. The summed E-state index contributed by atoms with van der Waals surface area (Å²) in [5.74, 6) is -1.96. The van der Waals surface area contributed by atoms with Gasteiger partial charge < -0.3 is 5.32 Å². The summed E-state index contributed by atoms with van der Waals surface area (Å²) in [7, 11) is 0. The van der Waals surface area contributed by atoms with Gasteiger partial charge in [0.25, 0.3) is 5.76 Å². The molecule has 0 spiro atoms. The third-order valence-electron chi connectivity index (χ3n) is 3.10. The lowest BCUT2D eigenvalue weighted by Gasteiger charge is -2.12. The molecule has 1 aromatic rings. The third-order valence-corrected chi connectivity index (χ3v) is 4.01. The Morgan fingerprint density at radius 1 is 1.32 bits per heavy atom. The summed E-state index contributed by atoms with van der Waals surface area (Å²) >= 11 is 5.65. The van der Waals surface area contributed by atoms with E-state index in [9.17, 15) is 8.78 Å². The molecule has 1 atom stereocenters. The number of hydrazone groups is 1. The maximum atomic E-state index is 12.2. The fourth-order valence-corrected chi connectivity index (χ4v) is 2.70. The van der Waals surface area contributed by atoms with E-state index in [-0.39, 0.29) is 0 Å². The Balaban J connectivity index is 1.76. The number of benzene rings is 1. The van der Waals surface area contributed by atoms with Crippen LogP contribution in [-0.4, -0.2) is 17.1 Å². The van der Waals surface area contributed by atoms with Gasteiger partial charge in [0, 0.05) is 16.8 Å². The van der Waals surface area contributed by atoms with E-state index < -0.39 is 5.76 Å². The van der Waals surface area contributed by atoms with E-state index in [0.29, 0.717) is 27.7 Å². The molecule has 22 heavy (non-hydrogen) atoms. The summed E-state index contributed by atoms with van der Waals surface area (Å²) in [5, 5.41) is 7.46. The number of halogens is 2. The molecule has 7 heteroatoms. The van der Waals surface area contributed by atoms with E-state index in [1.165, 1.54) is 0 Å². The molecule has 1 aliphatic rings. The molecule has 118 valence electrons. The van der Waals surface area contributed by atoms with Gasteiger partial charge in [-0.2, -0.15) is 13.9 Å². The highest BCUT2D eigenvalue weighted by Gasteiger charge is 2.07. The van der Waals surface area contributed by atoms with Gasteiger partial charge in [0.2, 0.25) is 0 Å². The minimum Gasteiger partial charge on any atom is -0.331 e. The van der Waals surface area contributed by atoms with Crippen LogP contribution in [0, 0.1) is 5.92 Å². The highest BCUT2D eigenvalue weighted by atomic mass is 32.2. The quantitative estimate of drug-likeness (QED) is 0.269.